The monoisotopic (exact) mass is 374 g/mol. The van der Waals surface area contributed by atoms with E-state index in [1.54, 1.807) is 4.90 Å². The third kappa shape index (κ3) is 2.68. The van der Waals surface area contributed by atoms with Crippen LogP contribution in [0.3, 0.4) is 0 Å². The summed E-state index contributed by atoms with van der Waals surface area (Å²) in [6.07, 6.45) is 2.94. The Morgan fingerprint density at radius 1 is 1.14 bits per heavy atom. The van der Waals surface area contributed by atoms with E-state index in [0.29, 0.717) is 5.95 Å². The van der Waals surface area contributed by atoms with Crippen LogP contribution in [0, 0.1) is 0 Å². The van der Waals surface area contributed by atoms with Gasteiger partial charge in [0.25, 0.3) is 5.91 Å². The van der Waals surface area contributed by atoms with Gasteiger partial charge < -0.3 is 5.32 Å². The summed E-state index contributed by atoms with van der Waals surface area (Å²) in [5.74, 6) is 0.510. The molecule has 0 saturated heterocycles. The van der Waals surface area contributed by atoms with Gasteiger partial charge in [0.2, 0.25) is 11.9 Å². The number of benzene rings is 2. The number of amides is 2. The molecule has 3 aromatic rings. The van der Waals surface area contributed by atoms with Crippen LogP contribution in [0.2, 0.25) is 0 Å². The van der Waals surface area contributed by atoms with Crippen molar-refractivity contribution in [3.63, 3.8) is 0 Å². The zero-order valence-electron chi connectivity index (χ0n) is 15.8. The van der Waals surface area contributed by atoms with Gasteiger partial charge in [0, 0.05) is 11.7 Å². The number of imidazole rings is 1. The number of rotatable bonds is 5. The molecule has 6 heteroatoms. The molecule has 0 spiro atoms. The lowest BCUT2D eigenvalue weighted by Crippen LogP contribution is -2.33. The zero-order chi connectivity index (χ0) is 19.3. The molecule has 1 fully saturated rings. The summed E-state index contributed by atoms with van der Waals surface area (Å²) in [6.45, 7) is 2.06. The number of anilines is 2. The van der Waals surface area contributed by atoms with Crippen LogP contribution in [-0.2, 0) is 16.0 Å². The van der Waals surface area contributed by atoms with Gasteiger partial charge in [-0.15, -0.1) is 0 Å². The van der Waals surface area contributed by atoms with Crippen molar-refractivity contribution in [2.24, 2.45) is 0 Å². The number of para-hydroxylation sites is 3. The molecule has 1 aromatic heterocycles. The van der Waals surface area contributed by atoms with Crippen LogP contribution < -0.4 is 10.2 Å². The van der Waals surface area contributed by atoms with E-state index in [1.165, 1.54) is 0 Å². The fourth-order valence-corrected chi connectivity index (χ4v) is 4.06. The van der Waals surface area contributed by atoms with Gasteiger partial charge in [-0.25, -0.2) is 4.98 Å². The molecule has 2 aromatic carbocycles. The van der Waals surface area contributed by atoms with E-state index < -0.39 is 6.04 Å². The van der Waals surface area contributed by atoms with Crippen molar-refractivity contribution in [2.45, 2.75) is 44.7 Å². The molecule has 5 rings (SSSR count). The smallest absolute Gasteiger partial charge is 0.253 e. The standard InChI is InChI=1S/C22H22N4O2/c1-2-14-7-3-4-8-16(14)23-20(27)13-19-21(28)25(15-11-12-15)22-24-17-9-5-6-10-18(17)26(19)22/h3-10,15,19H,2,11-13H2,1H3,(H,23,27)/t19-/m1/s1. The second-order valence-corrected chi connectivity index (χ2v) is 7.49. The van der Waals surface area contributed by atoms with Crippen molar-refractivity contribution >= 4 is 34.5 Å². The van der Waals surface area contributed by atoms with Gasteiger partial charge in [-0.1, -0.05) is 37.3 Å². The van der Waals surface area contributed by atoms with Crippen molar-refractivity contribution in [3.05, 3.63) is 54.1 Å². The van der Waals surface area contributed by atoms with Crippen LogP contribution in [-0.4, -0.2) is 27.4 Å². The van der Waals surface area contributed by atoms with Gasteiger partial charge in [-0.05, 0) is 43.0 Å². The molecule has 0 radical (unpaired) electrons. The summed E-state index contributed by atoms with van der Waals surface area (Å²) >= 11 is 0. The lowest BCUT2D eigenvalue weighted by molar-refractivity contribution is -0.124. The quantitative estimate of drug-likeness (QED) is 0.741. The largest absolute Gasteiger partial charge is 0.326 e. The maximum atomic E-state index is 13.1. The van der Waals surface area contributed by atoms with E-state index in [9.17, 15) is 9.59 Å². The highest BCUT2D eigenvalue weighted by atomic mass is 16.2. The van der Waals surface area contributed by atoms with Crippen LogP contribution in [0.4, 0.5) is 11.6 Å². The molecule has 1 aliphatic carbocycles. The van der Waals surface area contributed by atoms with Crippen LogP contribution >= 0.6 is 0 Å². The normalized spacial score (nSPS) is 18.5. The van der Waals surface area contributed by atoms with Gasteiger partial charge in [-0.2, -0.15) is 0 Å². The molecule has 1 saturated carbocycles. The lowest BCUT2D eigenvalue weighted by Gasteiger charge is -2.15. The fourth-order valence-electron chi connectivity index (χ4n) is 4.06. The molecule has 6 nitrogen and oxygen atoms in total. The number of aromatic nitrogens is 2. The average molecular weight is 374 g/mol. The Bertz CT molecular complexity index is 1080. The Morgan fingerprint density at radius 3 is 2.68 bits per heavy atom. The Hall–Kier alpha value is -3.15. The van der Waals surface area contributed by atoms with Crippen molar-refractivity contribution < 1.29 is 9.59 Å². The van der Waals surface area contributed by atoms with Gasteiger partial charge in [-0.3, -0.25) is 19.1 Å². The summed E-state index contributed by atoms with van der Waals surface area (Å²) < 4.78 is 1.95. The molecule has 28 heavy (non-hydrogen) atoms. The summed E-state index contributed by atoms with van der Waals surface area (Å²) in [4.78, 5) is 32.5. The van der Waals surface area contributed by atoms with E-state index in [-0.39, 0.29) is 24.3 Å². The fraction of sp³-hybridized carbons (Fsp3) is 0.318. The second-order valence-electron chi connectivity index (χ2n) is 7.49. The second kappa shape index (κ2) is 6.48. The number of fused-ring (bicyclic) bond motifs is 3. The first-order valence-corrected chi connectivity index (χ1v) is 9.85. The summed E-state index contributed by atoms with van der Waals surface area (Å²) in [7, 11) is 0. The van der Waals surface area contributed by atoms with Gasteiger partial charge in [0.05, 0.1) is 17.5 Å². The van der Waals surface area contributed by atoms with Crippen LogP contribution in [0.25, 0.3) is 11.0 Å². The number of hydrogen-bond acceptors (Lipinski definition) is 3. The summed E-state index contributed by atoms with van der Waals surface area (Å²) in [5.41, 5.74) is 3.66. The van der Waals surface area contributed by atoms with Crippen LogP contribution in [0.1, 0.15) is 37.8 Å². The Labute approximate surface area is 163 Å². The minimum Gasteiger partial charge on any atom is -0.326 e. The number of hydrogen-bond donors (Lipinski definition) is 1. The first-order chi connectivity index (χ1) is 13.7. The highest BCUT2D eigenvalue weighted by Crippen LogP contribution is 2.42. The highest BCUT2D eigenvalue weighted by molar-refractivity contribution is 6.05. The third-order valence-corrected chi connectivity index (χ3v) is 5.59. The van der Waals surface area contributed by atoms with Crippen molar-refractivity contribution in [2.75, 3.05) is 10.2 Å². The number of nitrogens with one attached hydrogen (secondary N) is 1. The molecule has 1 atom stereocenters. The molecule has 1 aliphatic heterocycles. The minimum absolute atomic E-state index is 0.0188. The van der Waals surface area contributed by atoms with Crippen molar-refractivity contribution in [1.82, 2.24) is 9.55 Å². The van der Waals surface area contributed by atoms with E-state index in [0.717, 1.165) is 41.5 Å². The predicted octanol–water partition coefficient (Wildman–Crippen LogP) is 3.68. The molecule has 2 aliphatic rings. The average Bonchev–Trinajstić information content (AvgIpc) is 3.41. The highest BCUT2D eigenvalue weighted by Gasteiger charge is 2.47. The van der Waals surface area contributed by atoms with E-state index in [2.05, 4.69) is 12.2 Å². The molecule has 142 valence electrons. The Morgan fingerprint density at radius 2 is 1.89 bits per heavy atom. The Balaban J connectivity index is 1.47. The number of carbonyl (C=O) groups is 2. The molecular formula is C22H22N4O2. The molecule has 0 bridgehead atoms. The topological polar surface area (TPSA) is 67.2 Å². The maximum Gasteiger partial charge on any atom is 0.253 e. The Kier molecular flexibility index (Phi) is 3.93. The zero-order valence-corrected chi connectivity index (χ0v) is 15.8. The predicted molar refractivity (Wildman–Crippen MR) is 108 cm³/mol. The summed E-state index contributed by atoms with van der Waals surface area (Å²) in [6, 6.07) is 15.3. The molecule has 2 heterocycles. The molecule has 1 N–H and O–H groups in total. The number of carbonyl (C=O) groups excluding carboxylic acids is 2. The van der Waals surface area contributed by atoms with Gasteiger partial charge in [0.15, 0.2) is 0 Å². The van der Waals surface area contributed by atoms with Crippen molar-refractivity contribution in [1.29, 1.82) is 0 Å². The maximum absolute atomic E-state index is 13.1. The lowest BCUT2D eigenvalue weighted by atomic mass is 10.1. The SMILES string of the molecule is CCc1ccccc1NC(=O)C[C@@H]1C(=O)N(C2CC2)c2nc3ccccc3n21. The number of nitrogens with zero attached hydrogens (tertiary/aromatic N) is 3. The van der Waals surface area contributed by atoms with Crippen molar-refractivity contribution in [3.8, 4) is 0 Å². The summed E-state index contributed by atoms with van der Waals surface area (Å²) in [5, 5.41) is 3.00. The first-order valence-electron chi connectivity index (χ1n) is 9.85. The van der Waals surface area contributed by atoms with Crippen LogP contribution in [0.15, 0.2) is 48.5 Å². The first kappa shape index (κ1) is 17.0. The van der Waals surface area contributed by atoms with E-state index in [4.69, 9.17) is 4.98 Å². The minimum atomic E-state index is -0.545. The van der Waals surface area contributed by atoms with Gasteiger partial charge >= 0.3 is 0 Å². The van der Waals surface area contributed by atoms with Gasteiger partial charge in [0.1, 0.15) is 6.04 Å². The molecule has 0 unspecified atom stereocenters. The molecule has 2 amide bonds. The third-order valence-electron chi connectivity index (χ3n) is 5.59. The van der Waals surface area contributed by atoms with Crippen LogP contribution in [0.5, 0.6) is 0 Å². The molecular weight excluding hydrogens is 352 g/mol. The number of aryl methyl sites for hydroxylation is 1. The van der Waals surface area contributed by atoms with E-state index >= 15 is 0 Å². The van der Waals surface area contributed by atoms with E-state index in [1.807, 2.05) is 53.1 Å².